The Kier molecular flexibility index (Phi) is 6.38. The van der Waals surface area contributed by atoms with Crippen LogP contribution in [0.4, 0.5) is 35.7 Å². The van der Waals surface area contributed by atoms with Crippen molar-refractivity contribution in [2.75, 3.05) is 16.0 Å². The molecule has 4 heterocycles. The van der Waals surface area contributed by atoms with Crippen molar-refractivity contribution in [2.45, 2.75) is 0 Å². The molecular formula is C27H21N15. The molecule has 3 aromatic carbocycles. The summed E-state index contributed by atoms with van der Waals surface area (Å²) in [5.41, 5.74) is 2.63. The highest BCUT2D eigenvalue weighted by Crippen LogP contribution is 2.22. The third-order valence-electron chi connectivity index (χ3n) is 5.90. The minimum atomic E-state index is 0.162. The first-order chi connectivity index (χ1) is 20.7. The van der Waals surface area contributed by atoms with Gasteiger partial charge in [-0.15, -0.1) is 10.2 Å². The van der Waals surface area contributed by atoms with Gasteiger partial charge in [-0.3, -0.25) is 26.1 Å². The zero-order valence-corrected chi connectivity index (χ0v) is 21.7. The number of rotatable bonds is 9. The molecule has 0 fully saturated rings. The van der Waals surface area contributed by atoms with E-state index >= 15 is 0 Å². The molecule has 0 unspecified atom stereocenters. The molecule has 7 rings (SSSR count). The van der Waals surface area contributed by atoms with Crippen LogP contribution in [0, 0.1) is 0 Å². The maximum absolute atomic E-state index is 4.50. The molecule has 0 saturated heterocycles. The van der Waals surface area contributed by atoms with Crippen molar-refractivity contribution >= 4 is 35.7 Å². The first-order valence-corrected chi connectivity index (χ1v) is 12.8. The summed E-state index contributed by atoms with van der Waals surface area (Å²) in [6, 6.07) is 28.9. The van der Waals surface area contributed by atoms with Crippen LogP contribution in [0.15, 0.2) is 91.0 Å². The molecule has 0 radical (unpaired) electrons. The third kappa shape index (κ3) is 5.46. The van der Waals surface area contributed by atoms with Gasteiger partial charge < -0.3 is 0 Å². The van der Waals surface area contributed by atoms with Crippen LogP contribution in [0.25, 0.3) is 34.2 Å². The highest BCUT2D eigenvalue weighted by Gasteiger charge is 2.15. The quantitative estimate of drug-likeness (QED) is 0.146. The fourth-order valence-corrected chi connectivity index (χ4v) is 3.97. The van der Waals surface area contributed by atoms with Gasteiger partial charge in [-0.25, -0.2) is 5.10 Å². The number of hydrogen-bond acceptors (Lipinski definition) is 12. The fraction of sp³-hybridized carbons (Fsp3) is 0. The van der Waals surface area contributed by atoms with Crippen molar-refractivity contribution < 1.29 is 0 Å². The second-order valence-corrected chi connectivity index (χ2v) is 8.80. The van der Waals surface area contributed by atoms with Crippen molar-refractivity contribution in [2.24, 2.45) is 0 Å². The van der Waals surface area contributed by atoms with Crippen LogP contribution < -0.4 is 16.0 Å². The predicted octanol–water partition coefficient (Wildman–Crippen LogP) is 4.46. The van der Waals surface area contributed by atoms with Crippen LogP contribution in [-0.2, 0) is 0 Å². The van der Waals surface area contributed by atoms with Gasteiger partial charge in [-0.2, -0.15) is 35.0 Å². The summed E-state index contributed by atoms with van der Waals surface area (Å²) in [5, 5.41) is 30.5. The molecule has 0 aliphatic heterocycles. The average molecular weight is 556 g/mol. The Morgan fingerprint density at radius 3 is 1.33 bits per heavy atom. The number of nitrogens with zero attached hydrogens (tertiary/aromatic N) is 9. The summed E-state index contributed by atoms with van der Waals surface area (Å²) in [6.45, 7) is 0. The Hall–Kier alpha value is -6.51. The van der Waals surface area contributed by atoms with Crippen molar-refractivity contribution in [3.8, 4) is 34.2 Å². The molecule has 0 aliphatic rings. The third-order valence-corrected chi connectivity index (χ3v) is 5.90. The van der Waals surface area contributed by atoms with E-state index in [-0.39, 0.29) is 29.7 Å². The lowest BCUT2D eigenvalue weighted by Crippen LogP contribution is -2.08. The van der Waals surface area contributed by atoms with Crippen molar-refractivity contribution in [3.05, 3.63) is 91.0 Å². The van der Waals surface area contributed by atoms with E-state index in [1.54, 1.807) is 0 Å². The van der Waals surface area contributed by atoms with Crippen LogP contribution in [0.3, 0.4) is 0 Å². The van der Waals surface area contributed by atoms with E-state index in [1.807, 2.05) is 91.0 Å². The van der Waals surface area contributed by atoms with Gasteiger partial charge in [0.1, 0.15) is 0 Å². The number of hydrogen-bond donors (Lipinski definition) is 6. The van der Waals surface area contributed by atoms with Gasteiger partial charge in [-0.05, 0) is 0 Å². The molecular weight excluding hydrogens is 534 g/mol. The minimum Gasteiger partial charge on any atom is -0.293 e. The van der Waals surface area contributed by atoms with Crippen molar-refractivity contribution in [1.82, 2.24) is 60.5 Å². The Bertz CT molecular complexity index is 1680. The normalized spacial score (nSPS) is 10.9. The predicted molar refractivity (Wildman–Crippen MR) is 155 cm³/mol. The SMILES string of the molecule is c1ccc(-c2n[nH]c(Nc3nc(Nc4n[nH]c(-c5ccccc5)n4)nc(Nc4n[nH]c(-c5ccccc5)n4)n3)n2)cc1. The van der Waals surface area contributed by atoms with E-state index in [9.17, 15) is 0 Å². The number of H-pyrrole nitrogens is 3. The maximum atomic E-state index is 4.50. The molecule has 42 heavy (non-hydrogen) atoms. The van der Waals surface area contributed by atoms with Crippen LogP contribution >= 0.6 is 0 Å². The number of anilines is 6. The summed E-state index contributed by atoms with van der Waals surface area (Å²) in [6.07, 6.45) is 0. The zero-order chi connectivity index (χ0) is 28.1. The largest absolute Gasteiger partial charge is 0.293 e. The van der Waals surface area contributed by atoms with E-state index in [4.69, 9.17) is 0 Å². The molecule has 0 aliphatic carbocycles. The Labute approximate surface area is 237 Å². The van der Waals surface area contributed by atoms with Crippen molar-refractivity contribution in [1.29, 1.82) is 0 Å². The second-order valence-electron chi connectivity index (χ2n) is 8.80. The Morgan fingerprint density at radius 2 is 0.833 bits per heavy atom. The van der Waals surface area contributed by atoms with Gasteiger partial charge >= 0.3 is 0 Å². The molecule has 6 N–H and O–H groups in total. The van der Waals surface area contributed by atoms with Gasteiger partial charge in [-0.1, -0.05) is 91.0 Å². The van der Waals surface area contributed by atoms with E-state index in [1.165, 1.54) is 0 Å². The van der Waals surface area contributed by atoms with E-state index in [2.05, 4.69) is 76.4 Å². The maximum Gasteiger partial charge on any atom is 0.249 e. The summed E-state index contributed by atoms with van der Waals surface area (Å²) in [5.74, 6) is 3.08. The highest BCUT2D eigenvalue weighted by molar-refractivity contribution is 5.61. The van der Waals surface area contributed by atoms with E-state index in [0.717, 1.165) is 16.7 Å². The highest BCUT2D eigenvalue weighted by atomic mass is 15.4. The minimum absolute atomic E-state index is 0.162. The van der Waals surface area contributed by atoms with Gasteiger partial charge in [0.15, 0.2) is 17.5 Å². The van der Waals surface area contributed by atoms with Crippen LogP contribution in [-0.4, -0.2) is 60.5 Å². The smallest absolute Gasteiger partial charge is 0.249 e. The van der Waals surface area contributed by atoms with Gasteiger partial charge in [0.05, 0.1) is 0 Å². The molecule has 4 aromatic heterocycles. The van der Waals surface area contributed by atoms with Crippen LogP contribution in [0.1, 0.15) is 0 Å². The van der Waals surface area contributed by atoms with Crippen LogP contribution in [0.5, 0.6) is 0 Å². The molecule has 0 saturated carbocycles. The van der Waals surface area contributed by atoms with Gasteiger partial charge in [0.2, 0.25) is 35.7 Å². The molecule has 0 amide bonds. The second kappa shape index (κ2) is 10.9. The van der Waals surface area contributed by atoms with Gasteiger partial charge in [0, 0.05) is 16.7 Å². The Balaban J connectivity index is 1.17. The summed E-state index contributed by atoms with van der Waals surface area (Å²) >= 11 is 0. The van der Waals surface area contributed by atoms with E-state index < -0.39 is 0 Å². The molecule has 204 valence electrons. The van der Waals surface area contributed by atoms with E-state index in [0.29, 0.717) is 23.4 Å². The number of aromatic amines is 3. The lowest BCUT2D eigenvalue weighted by Gasteiger charge is -2.07. The number of aromatic nitrogens is 12. The number of benzene rings is 3. The monoisotopic (exact) mass is 555 g/mol. The molecule has 0 spiro atoms. The Morgan fingerprint density at radius 1 is 0.381 bits per heavy atom. The summed E-state index contributed by atoms with van der Waals surface area (Å²) in [7, 11) is 0. The van der Waals surface area contributed by atoms with Crippen LogP contribution in [0.2, 0.25) is 0 Å². The summed E-state index contributed by atoms with van der Waals surface area (Å²) in [4.78, 5) is 26.9. The average Bonchev–Trinajstić information content (AvgIpc) is 3.81. The zero-order valence-electron chi connectivity index (χ0n) is 21.7. The standard InChI is InChI=1S/C27H21N15/c1-4-10-16(11-5-1)19-28-25(40-37-19)34-22-31-23(35-26-29-20(38-41-26)17-12-6-2-7-13-17)33-24(32-22)36-27-30-21(39-42-27)18-14-8-3-9-15-18/h1-15H,(H6,28,29,30,31,32,33,34,35,36,37,38,39,40,41,42). The molecule has 15 heteroatoms. The van der Waals surface area contributed by atoms with Crippen molar-refractivity contribution in [3.63, 3.8) is 0 Å². The molecule has 7 aromatic rings. The molecule has 0 bridgehead atoms. The topological polar surface area (TPSA) is 199 Å². The molecule has 15 nitrogen and oxygen atoms in total. The first-order valence-electron chi connectivity index (χ1n) is 12.8. The lowest BCUT2D eigenvalue weighted by atomic mass is 10.2. The lowest BCUT2D eigenvalue weighted by molar-refractivity contribution is 1.02. The fourth-order valence-electron chi connectivity index (χ4n) is 3.97. The molecule has 0 atom stereocenters. The summed E-state index contributed by atoms with van der Waals surface area (Å²) < 4.78 is 0. The van der Waals surface area contributed by atoms with Gasteiger partial charge in [0.25, 0.3) is 0 Å². The first kappa shape index (κ1) is 24.5. The number of nitrogens with one attached hydrogen (secondary N) is 6.